The number of ether oxygens (including phenoxy) is 1. The summed E-state index contributed by atoms with van der Waals surface area (Å²) < 4.78 is 31.8. The number of hydrogen-bond donors (Lipinski definition) is 1. The molecule has 0 fully saturated rings. The quantitative estimate of drug-likeness (QED) is 0.492. The van der Waals surface area contributed by atoms with Gasteiger partial charge in [-0.2, -0.15) is 0 Å². The minimum Gasteiger partial charge on any atom is -0.495 e. The van der Waals surface area contributed by atoms with Gasteiger partial charge in [-0.1, -0.05) is 35.9 Å². The summed E-state index contributed by atoms with van der Waals surface area (Å²) in [5.74, 6) is -1.38. The fraction of sp³-hybridized carbons (Fsp3) is 0.120. The second-order valence-corrected chi connectivity index (χ2v) is 7.78. The number of carbonyl (C=O) groups is 2. The zero-order valence-electron chi connectivity index (χ0n) is 17.6. The molecule has 0 spiro atoms. The van der Waals surface area contributed by atoms with E-state index in [1.165, 1.54) is 43.5 Å². The number of halogens is 3. The van der Waals surface area contributed by atoms with Crippen molar-refractivity contribution in [2.75, 3.05) is 19.0 Å². The molecule has 0 radical (unpaired) electrons. The van der Waals surface area contributed by atoms with Crippen LogP contribution in [-0.4, -0.2) is 30.4 Å². The van der Waals surface area contributed by atoms with Gasteiger partial charge in [-0.3, -0.25) is 14.5 Å². The van der Waals surface area contributed by atoms with Gasteiger partial charge in [-0.25, -0.2) is 8.78 Å². The lowest BCUT2D eigenvalue weighted by Crippen LogP contribution is -2.34. The summed E-state index contributed by atoms with van der Waals surface area (Å²) >= 11 is 6.20. The molecule has 1 heterocycles. The molecule has 0 saturated carbocycles. The lowest BCUT2D eigenvalue weighted by Gasteiger charge is -2.15. The third kappa shape index (κ3) is 4.73. The highest BCUT2D eigenvalue weighted by Gasteiger charge is 2.39. The summed E-state index contributed by atoms with van der Waals surface area (Å²) in [4.78, 5) is 27.6. The zero-order chi connectivity index (χ0) is 23.5. The van der Waals surface area contributed by atoms with E-state index in [-0.39, 0.29) is 23.6 Å². The number of anilines is 1. The Bertz CT molecular complexity index is 1240. The molecule has 1 aliphatic rings. The topological polar surface area (TPSA) is 58.6 Å². The normalized spacial score (nSPS) is 13.6. The van der Waals surface area contributed by atoms with Crippen LogP contribution in [0.5, 0.6) is 5.75 Å². The Balaban J connectivity index is 1.66. The van der Waals surface area contributed by atoms with Crippen LogP contribution >= 0.6 is 11.6 Å². The van der Waals surface area contributed by atoms with Crippen molar-refractivity contribution >= 4 is 34.7 Å². The third-order valence-electron chi connectivity index (χ3n) is 5.26. The number of nitrogens with zero attached hydrogens (tertiary/aromatic N) is 1. The molecule has 5 nitrogen and oxygen atoms in total. The summed E-state index contributed by atoms with van der Waals surface area (Å²) in [7, 11) is 1.49. The molecular formula is C25H19ClF2N2O3. The lowest BCUT2D eigenvalue weighted by molar-refractivity contribution is -0.136. The second-order valence-electron chi connectivity index (χ2n) is 7.37. The van der Waals surface area contributed by atoms with Crippen molar-refractivity contribution in [3.05, 3.63) is 100 Å². The smallest absolute Gasteiger partial charge is 0.278 e. The molecule has 1 N–H and O–H groups in total. The number of nitrogens with one attached hydrogen (secondary N) is 1. The minimum atomic E-state index is -0.520. The largest absolute Gasteiger partial charge is 0.495 e. The van der Waals surface area contributed by atoms with Crippen LogP contribution in [0.1, 0.15) is 11.1 Å². The van der Waals surface area contributed by atoms with Gasteiger partial charge in [0.05, 0.1) is 17.7 Å². The highest BCUT2D eigenvalue weighted by atomic mass is 35.5. The van der Waals surface area contributed by atoms with Gasteiger partial charge in [0.15, 0.2) is 0 Å². The molecule has 3 aromatic rings. The zero-order valence-corrected chi connectivity index (χ0v) is 18.3. The predicted molar refractivity (Wildman–Crippen MR) is 122 cm³/mol. The Kier molecular flexibility index (Phi) is 6.42. The van der Waals surface area contributed by atoms with E-state index in [0.717, 1.165) is 10.5 Å². The number of carbonyl (C=O) groups excluding carboxylic acids is 2. The average molecular weight is 469 g/mol. The molecule has 0 saturated heterocycles. The fourth-order valence-electron chi connectivity index (χ4n) is 3.56. The first kappa shape index (κ1) is 22.5. The van der Waals surface area contributed by atoms with Gasteiger partial charge < -0.3 is 10.1 Å². The number of imide groups is 1. The van der Waals surface area contributed by atoms with Gasteiger partial charge in [0.1, 0.15) is 23.1 Å². The molecule has 3 aromatic carbocycles. The van der Waals surface area contributed by atoms with Crippen molar-refractivity contribution in [1.29, 1.82) is 0 Å². The summed E-state index contributed by atoms with van der Waals surface area (Å²) in [6, 6.07) is 16.1. The van der Waals surface area contributed by atoms with E-state index in [4.69, 9.17) is 16.3 Å². The summed E-state index contributed by atoms with van der Waals surface area (Å²) in [5, 5.41) is 3.33. The molecule has 0 bridgehead atoms. The van der Waals surface area contributed by atoms with E-state index in [0.29, 0.717) is 28.4 Å². The Hall–Kier alpha value is -3.71. The van der Waals surface area contributed by atoms with E-state index >= 15 is 0 Å². The van der Waals surface area contributed by atoms with Crippen molar-refractivity contribution in [1.82, 2.24) is 4.90 Å². The summed E-state index contributed by atoms with van der Waals surface area (Å²) in [6.07, 6.45) is 0.357. The molecule has 4 rings (SSSR count). The molecule has 0 atom stereocenters. The first-order valence-electron chi connectivity index (χ1n) is 10.1. The molecule has 0 unspecified atom stereocenters. The monoisotopic (exact) mass is 468 g/mol. The number of benzene rings is 3. The molecule has 168 valence electrons. The Morgan fingerprint density at radius 3 is 2.15 bits per heavy atom. The van der Waals surface area contributed by atoms with Crippen LogP contribution in [0, 0.1) is 11.6 Å². The average Bonchev–Trinajstić information content (AvgIpc) is 3.03. The highest BCUT2D eigenvalue weighted by Crippen LogP contribution is 2.33. The number of amides is 2. The van der Waals surface area contributed by atoms with E-state index in [9.17, 15) is 18.4 Å². The van der Waals surface area contributed by atoms with E-state index < -0.39 is 17.6 Å². The Morgan fingerprint density at radius 1 is 0.909 bits per heavy atom. The molecule has 1 aliphatic heterocycles. The molecule has 0 aliphatic carbocycles. The van der Waals surface area contributed by atoms with Gasteiger partial charge in [0.25, 0.3) is 11.8 Å². The van der Waals surface area contributed by atoms with Gasteiger partial charge in [0, 0.05) is 12.2 Å². The predicted octanol–water partition coefficient (Wildman–Crippen LogP) is 5.06. The standard InChI is InChI=1S/C25H19ClF2N2O3/c1-33-21-11-10-19(14-20(21)26)29-23-22(16-4-8-18(28)9-5-16)24(31)30(25(23)32)13-12-15-2-6-17(27)7-3-15/h2-11,14,29H,12-13H2,1H3. The highest BCUT2D eigenvalue weighted by molar-refractivity contribution is 6.36. The van der Waals surface area contributed by atoms with Crippen molar-refractivity contribution in [2.24, 2.45) is 0 Å². The molecular weight excluding hydrogens is 450 g/mol. The van der Waals surface area contributed by atoms with Crippen molar-refractivity contribution < 1.29 is 23.1 Å². The fourth-order valence-corrected chi connectivity index (χ4v) is 3.82. The molecule has 8 heteroatoms. The SMILES string of the molecule is COc1ccc(NC2=C(c3ccc(F)cc3)C(=O)N(CCc3ccc(F)cc3)C2=O)cc1Cl. The number of hydrogen-bond acceptors (Lipinski definition) is 4. The first-order valence-corrected chi connectivity index (χ1v) is 10.5. The molecule has 2 amide bonds. The van der Waals surface area contributed by atoms with Gasteiger partial charge in [-0.05, 0) is 60.0 Å². The van der Waals surface area contributed by atoms with Crippen LogP contribution < -0.4 is 10.1 Å². The Morgan fingerprint density at radius 2 is 1.55 bits per heavy atom. The first-order chi connectivity index (χ1) is 15.9. The maximum Gasteiger partial charge on any atom is 0.278 e. The van der Waals surface area contributed by atoms with Crippen LogP contribution in [0.4, 0.5) is 14.5 Å². The number of rotatable bonds is 7. The van der Waals surface area contributed by atoms with Crippen LogP contribution in [0.25, 0.3) is 5.57 Å². The van der Waals surface area contributed by atoms with Gasteiger partial charge in [-0.15, -0.1) is 0 Å². The van der Waals surface area contributed by atoms with Crippen LogP contribution in [0.3, 0.4) is 0 Å². The lowest BCUT2D eigenvalue weighted by atomic mass is 10.0. The van der Waals surface area contributed by atoms with E-state index in [2.05, 4.69) is 5.32 Å². The van der Waals surface area contributed by atoms with E-state index in [1.807, 2.05) is 0 Å². The maximum absolute atomic E-state index is 13.5. The van der Waals surface area contributed by atoms with Crippen LogP contribution in [0.2, 0.25) is 5.02 Å². The molecule has 33 heavy (non-hydrogen) atoms. The van der Waals surface area contributed by atoms with Crippen molar-refractivity contribution in [3.63, 3.8) is 0 Å². The number of methoxy groups -OCH3 is 1. The maximum atomic E-state index is 13.5. The van der Waals surface area contributed by atoms with Crippen LogP contribution in [0.15, 0.2) is 72.4 Å². The second kappa shape index (κ2) is 9.42. The van der Waals surface area contributed by atoms with Crippen LogP contribution in [-0.2, 0) is 16.0 Å². The summed E-state index contributed by atoms with van der Waals surface area (Å²) in [6.45, 7) is 0.0997. The summed E-state index contributed by atoms with van der Waals surface area (Å²) in [5.41, 5.74) is 1.86. The van der Waals surface area contributed by atoms with Gasteiger partial charge in [0.2, 0.25) is 0 Å². The van der Waals surface area contributed by atoms with Crippen molar-refractivity contribution in [2.45, 2.75) is 6.42 Å². The van der Waals surface area contributed by atoms with E-state index in [1.54, 1.807) is 30.3 Å². The Labute approximate surface area is 194 Å². The third-order valence-corrected chi connectivity index (χ3v) is 5.55. The van der Waals surface area contributed by atoms with Crippen molar-refractivity contribution in [3.8, 4) is 5.75 Å². The van der Waals surface area contributed by atoms with Gasteiger partial charge >= 0.3 is 0 Å². The molecule has 0 aromatic heterocycles. The minimum absolute atomic E-state index is 0.0620.